The minimum atomic E-state index is -0.255. The zero-order chi connectivity index (χ0) is 14.1. The van der Waals surface area contributed by atoms with Crippen LogP contribution in [0.25, 0.3) is 0 Å². The van der Waals surface area contributed by atoms with Crippen LogP contribution in [0.5, 0.6) is 0 Å². The summed E-state index contributed by atoms with van der Waals surface area (Å²) < 4.78 is 5.53. The first-order valence-electron chi connectivity index (χ1n) is 6.68. The Morgan fingerprint density at radius 2 is 2.20 bits per heavy atom. The second-order valence-electron chi connectivity index (χ2n) is 5.10. The molecule has 1 aliphatic rings. The van der Waals surface area contributed by atoms with Crippen LogP contribution in [0, 0.1) is 6.92 Å². The van der Waals surface area contributed by atoms with Gasteiger partial charge in [0, 0.05) is 24.5 Å². The van der Waals surface area contributed by atoms with Crippen LogP contribution in [0.15, 0.2) is 39.8 Å². The minimum absolute atomic E-state index is 0.183. The van der Waals surface area contributed by atoms with Gasteiger partial charge in [0.2, 0.25) is 0 Å². The average Bonchev–Trinajstić information content (AvgIpc) is 3.19. The largest absolute Gasteiger partial charge is 0.464 e. The number of carbonyl (C=O) groups excluding carboxylic acids is 1. The van der Waals surface area contributed by atoms with Crippen LogP contribution < -0.4 is 5.43 Å². The molecule has 5 nitrogen and oxygen atoms in total. The number of hydrogen-bond acceptors (Lipinski definition) is 3. The number of aromatic nitrogens is 1. The Labute approximate surface area is 116 Å². The Kier molecular flexibility index (Phi) is 3.18. The maximum absolute atomic E-state index is 12.5. The van der Waals surface area contributed by atoms with Crippen molar-refractivity contribution in [2.24, 2.45) is 0 Å². The van der Waals surface area contributed by atoms with Gasteiger partial charge >= 0.3 is 0 Å². The van der Waals surface area contributed by atoms with Crippen molar-refractivity contribution < 1.29 is 9.21 Å². The van der Waals surface area contributed by atoms with E-state index in [1.165, 1.54) is 18.5 Å². The van der Waals surface area contributed by atoms with Gasteiger partial charge < -0.3 is 14.3 Å². The lowest BCUT2D eigenvalue weighted by molar-refractivity contribution is 0.0715. The van der Waals surface area contributed by atoms with Gasteiger partial charge in [0.05, 0.1) is 6.54 Å². The summed E-state index contributed by atoms with van der Waals surface area (Å²) in [5.74, 6) is 1.33. The van der Waals surface area contributed by atoms with Gasteiger partial charge in [0.1, 0.15) is 17.1 Å². The number of hydrogen-bond donors (Lipinski definition) is 1. The van der Waals surface area contributed by atoms with Crippen molar-refractivity contribution in [3.63, 3.8) is 0 Å². The number of carbonyl (C=O) groups is 1. The van der Waals surface area contributed by atoms with Gasteiger partial charge in [0.15, 0.2) is 5.43 Å². The van der Waals surface area contributed by atoms with Crippen LogP contribution in [0.3, 0.4) is 0 Å². The van der Waals surface area contributed by atoms with E-state index < -0.39 is 0 Å². The van der Waals surface area contributed by atoms with E-state index in [1.54, 1.807) is 4.90 Å². The molecule has 0 bridgehead atoms. The Morgan fingerprint density at radius 3 is 2.80 bits per heavy atom. The maximum Gasteiger partial charge on any atom is 0.259 e. The van der Waals surface area contributed by atoms with E-state index in [0.717, 1.165) is 24.4 Å². The van der Waals surface area contributed by atoms with Gasteiger partial charge in [-0.3, -0.25) is 9.59 Å². The molecule has 5 heteroatoms. The monoisotopic (exact) mass is 272 g/mol. The highest BCUT2D eigenvalue weighted by Crippen LogP contribution is 2.29. The molecule has 0 atom stereocenters. The zero-order valence-electron chi connectivity index (χ0n) is 11.3. The number of pyridine rings is 1. The molecule has 0 saturated heterocycles. The number of amides is 1. The fourth-order valence-corrected chi connectivity index (χ4v) is 2.23. The first-order valence-corrected chi connectivity index (χ1v) is 6.68. The van der Waals surface area contributed by atoms with Crippen molar-refractivity contribution in [3.05, 3.63) is 57.9 Å². The number of aryl methyl sites for hydroxylation is 1. The van der Waals surface area contributed by atoms with Crippen LogP contribution in [-0.4, -0.2) is 21.8 Å². The number of aromatic amines is 1. The molecule has 0 spiro atoms. The fourth-order valence-electron chi connectivity index (χ4n) is 2.23. The summed E-state index contributed by atoms with van der Waals surface area (Å²) in [6.07, 6.45) is 4.95. The first-order chi connectivity index (χ1) is 9.65. The van der Waals surface area contributed by atoms with E-state index in [-0.39, 0.29) is 22.9 Å². The molecule has 104 valence electrons. The third-order valence-corrected chi connectivity index (χ3v) is 3.43. The van der Waals surface area contributed by atoms with Crippen molar-refractivity contribution in [1.29, 1.82) is 0 Å². The second-order valence-corrected chi connectivity index (χ2v) is 5.10. The third kappa shape index (κ3) is 2.52. The van der Waals surface area contributed by atoms with Crippen molar-refractivity contribution >= 4 is 5.91 Å². The Balaban J connectivity index is 1.85. The van der Waals surface area contributed by atoms with Crippen LogP contribution in [0.4, 0.5) is 0 Å². The quantitative estimate of drug-likeness (QED) is 0.926. The van der Waals surface area contributed by atoms with Crippen LogP contribution in [-0.2, 0) is 6.54 Å². The fraction of sp³-hybridized carbons (Fsp3) is 0.333. The van der Waals surface area contributed by atoms with E-state index in [1.807, 2.05) is 19.1 Å². The molecule has 0 radical (unpaired) electrons. The second kappa shape index (κ2) is 5.00. The number of rotatable bonds is 4. The highest BCUT2D eigenvalue weighted by atomic mass is 16.3. The summed E-state index contributed by atoms with van der Waals surface area (Å²) >= 11 is 0. The first kappa shape index (κ1) is 12.7. The number of furan rings is 1. The molecule has 1 aliphatic carbocycles. The number of nitrogens with one attached hydrogen (secondary N) is 1. The summed E-state index contributed by atoms with van der Waals surface area (Å²) in [5.41, 5.74) is -0.0716. The standard InChI is InChI=1S/C15H16N2O3/c1-10-2-5-12(20-10)9-17(11-3-4-11)15(19)13-8-16-7-6-14(13)18/h2,5-8,11H,3-4,9H2,1H3,(H,16,18). The SMILES string of the molecule is Cc1ccc(CN(C(=O)c2c[nH]ccc2=O)C2CC2)o1. The third-order valence-electron chi connectivity index (χ3n) is 3.43. The molecular weight excluding hydrogens is 256 g/mol. The molecule has 1 saturated carbocycles. The van der Waals surface area contributed by atoms with Gasteiger partial charge in [-0.15, -0.1) is 0 Å². The zero-order valence-corrected chi connectivity index (χ0v) is 11.3. The van der Waals surface area contributed by atoms with Crippen molar-refractivity contribution in [3.8, 4) is 0 Å². The topological polar surface area (TPSA) is 66.3 Å². The molecular formula is C15H16N2O3. The summed E-state index contributed by atoms with van der Waals surface area (Å²) in [5, 5.41) is 0. The molecule has 2 aromatic heterocycles. The molecule has 20 heavy (non-hydrogen) atoms. The molecule has 1 amide bonds. The van der Waals surface area contributed by atoms with Gasteiger partial charge in [0.25, 0.3) is 5.91 Å². The Hall–Kier alpha value is -2.30. The maximum atomic E-state index is 12.5. The molecule has 0 unspecified atom stereocenters. The van der Waals surface area contributed by atoms with E-state index in [0.29, 0.717) is 6.54 Å². The number of H-pyrrole nitrogens is 1. The highest BCUT2D eigenvalue weighted by Gasteiger charge is 2.34. The van der Waals surface area contributed by atoms with E-state index in [2.05, 4.69) is 4.98 Å². The van der Waals surface area contributed by atoms with Crippen LogP contribution in [0.1, 0.15) is 34.7 Å². The molecule has 0 aliphatic heterocycles. The highest BCUT2D eigenvalue weighted by molar-refractivity contribution is 5.94. The van der Waals surface area contributed by atoms with Crippen LogP contribution in [0.2, 0.25) is 0 Å². The summed E-state index contributed by atoms with van der Waals surface area (Å²) in [7, 11) is 0. The molecule has 1 N–H and O–H groups in total. The lowest BCUT2D eigenvalue weighted by atomic mass is 10.2. The van der Waals surface area contributed by atoms with Crippen molar-refractivity contribution in [2.75, 3.05) is 0 Å². The normalized spacial score (nSPS) is 14.2. The van der Waals surface area contributed by atoms with Gasteiger partial charge in [-0.2, -0.15) is 0 Å². The smallest absolute Gasteiger partial charge is 0.259 e. The Morgan fingerprint density at radius 1 is 1.40 bits per heavy atom. The van der Waals surface area contributed by atoms with Gasteiger partial charge in [-0.25, -0.2) is 0 Å². The number of nitrogens with zero attached hydrogens (tertiary/aromatic N) is 1. The predicted molar refractivity (Wildman–Crippen MR) is 73.4 cm³/mol. The van der Waals surface area contributed by atoms with Gasteiger partial charge in [-0.05, 0) is 31.9 Å². The van der Waals surface area contributed by atoms with E-state index in [9.17, 15) is 9.59 Å². The summed E-state index contributed by atoms with van der Waals surface area (Å²) in [4.78, 5) is 28.8. The van der Waals surface area contributed by atoms with E-state index in [4.69, 9.17) is 4.42 Å². The molecule has 0 aromatic carbocycles. The minimum Gasteiger partial charge on any atom is -0.464 e. The lowest BCUT2D eigenvalue weighted by Crippen LogP contribution is -2.35. The van der Waals surface area contributed by atoms with Gasteiger partial charge in [-0.1, -0.05) is 0 Å². The summed E-state index contributed by atoms with van der Waals surface area (Å²) in [6.45, 7) is 2.28. The van der Waals surface area contributed by atoms with Crippen molar-refractivity contribution in [1.82, 2.24) is 9.88 Å². The lowest BCUT2D eigenvalue weighted by Gasteiger charge is -2.20. The molecule has 3 rings (SSSR count). The average molecular weight is 272 g/mol. The molecule has 2 aromatic rings. The van der Waals surface area contributed by atoms with E-state index >= 15 is 0 Å². The summed E-state index contributed by atoms with van der Waals surface area (Å²) in [6, 6.07) is 5.33. The molecule has 1 fully saturated rings. The van der Waals surface area contributed by atoms with Crippen molar-refractivity contribution in [2.45, 2.75) is 32.4 Å². The molecule has 2 heterocycles. The van der Waals surface area contributed by atoms with Crippen LogP contribution >= 0.6 is 0 Å². The predicted octanol–water partition coefficient (Wildman–Crippen LogP) is 2.08. The Bertz CT molecular complexity index is 682.